The van der Waals surface area contributed by atoms with Gasteiger partial charge in [-0.2, -0.15) is 0 Å². The number of aromatic amines is 1. The molecule has 1 saturated heterocycles. The van der Waals surface area contributed by atoms with Crippen LogP contribution in [-0.2, 0) is 6.61 Å². The number of amides is 1. The number of ether oxygens (including phenoxy) is 2. The van der Waals surface area contributed by atoms with Gasteiger partial charge >= 0.3 is 0 Å². The van der Waals surface area contributed by atoms with Crippen LogP contribution in [0.15, 0.2) is 66.7 Å². The molecular weight excluding hydrogens is 450 g/mol. The minimum atomic E-state index is -0.000917. The van der Waals surface area contributed by atoms with Gasteiger partial charge in [-0.25, -0.2) is 4.98 Å². The van der Waals surface area contributed by atoms with Gasteiger partial charge in [0.05, 0.1) is 18.1 Å². The van der Waals surface area contributed by atoms with E-state index in [0.717, 1.165) is 35.3 Å². The first-order chi connectivity index (χ1) is 16.6. The molecular formula is C27H26ClN3O3. The van der Waals surface area contributed by atoms with Gasteiger partial charge in [0.2, 0.25) is 0 Å². The number of imidazole rings is 1. The highest BCUT2D eigenvalue weighted by Gasteiger charge is 2.27. The molecule has 1 aliphatic rings. The number of benzene rings is 3. The first kappa shape index (κ1) is 22.3. The van der Waals surface area contributed by atoms with Gasteiger partial charge in [-0.15, -0.1) is 0 Å². The fourth-order valence-corrected chi connectivity index (χ4v) is 4.59. The maximum absolute atomic E-state index is 13.2. The second kappa shape index (κ2) is 9.77. The normalized spacial score (nSPS) is 14.4. The van der Waals surface area contributed by atoms with Crippen molar-refractivity contribution in [3.05, 3.63) is 88.7 Å². The van der Waals surface area contributed by atoms with Crippen LogP contribution in [0.1, 0.15) is 40.5 Å². The lowest BCUT2D eigenvalue weighted by atomic mass is 9.95. The SMILES string of the molecule is COc1cc(C(=O)N2CCC(c3nc4ccccc4[nH]3)CC2)ccc1OCc1ccccc1Cl. The fraction of sp³-hybridized carbons (Fsp3) is 0.259. The molecule has 0 aliphatic carbocycles. The number of carbonyl (C=O) groups excluding carboxylic acids is 1. The smallest absolute Gasteiger partial charge is 0.253 e. The summed E-state index contributed by atoms with van der Waals surface area (Å²) in [5, 5.41) is 0.652. The number of fused-ring (bicyclic) bond motifs is 1. The van der Waals surface area contributed by atoms with Crippen molar-refractivity contribution in [2.45, 2.75) is 25.4 Å². The number of hydrogen-bond donors (Lipinski definition) is 1. The van der Waals surface area contributed by atoms with Crippen molar-refractivity contribution in [1.82, 2.24) is 14.9 Å². The van der Waals surface area contributed by atoms with Crippen LogP contribution in [-0.4, -0.2) is 41.0 Å². The van der Waals surface area contributed by atoms with Gasteiger partial charge in [-0.3, -0.25) is 4.79 Å². The summed E-state index contributed by atoms with van der Waals surface area (Å²) in [5.74, 6) is 2.43. The molecule has 1 aliphatic heterocycles. The van der Waals surface area contributed by atoms with Crippen molar-refractivity contribution in [3.63, 3.8) is 0 Å². The number of hydrogen-bond acceptors (Lipinski definition) is 4. The number of methoxy groups -OCH3 is 1. The van der Waals surface area contributed by atoms with Gasteiger partial charge in [0.15, 0.2) is 11.5 Å². The monoisotopic (exact) mass is 475 g/mol. The highest BCUT2D eigenvalue weighted by molar-refractivity contribution is 6.31. The Morgan fingerprint density at radius 3 is 2.59 bits per heavy atom. The van der Waals surface area contributed by atoms with E-state index in [0.29, 0.717) is 47.7 Å². The second-order valence-corrected chi connectivity index (χ2v) is 8.86. The summed E-state index contributed by atoms with van der Waals surface area (Å²) >= 11 is 6.22. The molecule has 0 atom stereocenters. The molecule has 6 nitrogen and oxygen atoms in total. The Labute approximate surface area is 203 Å². The van der Waals surface area contributed by atoms with Crippen LogP contribution in [0.5, 0.6) is 11.5 Å². The number of aromatic nitrogens is 2. The molecule has 174 valence electrons. The molecule has 7 heteroatoms. The quantitative estimate of drug-likeness (QED) is 0.381. The highest BCUT2D eigenvalue weighted by Crippen LogP contribution is 2.32. The number of H-pyrrole nitrogens is 1. The van der Waals surface area contributed by atoms with E-state index >= 15 is 0 Å². The number of rotatable bonds is 6. The highest BCUT2D eigenvalue weighted by atomic mass is 35.5. The summed E-state index contributed by atoms with van der Waals surface area (Å²) in [6.07, 6.45) is 1.75. The number of nitrogens with zero attached hydrogens (tertiary/aromatic N) is 2. The summed E-state index contributed by atoms with van der Waals surface area (Å²) in [4.78, 5) is 23.3. The van der Waals surface area contributed by atoms with Crippen molar-refractivity contribution < 1.29 is 14.3 Å². The molecule has 0 unspecified atom stereocenters. The van der Waals surface area contributed by atoms with Crippen LogP contribution >= 0.6 is 11.6 Å². The topological polar surface area (TPSA) is 67.5 Å². The molecule has 2 heterocycles. The molecule has 1 amide bonds. The van der Waals surface area contributed by atoms with Gasteiger partial charge in [0.25, 0.3) is 5.91 Å². The van der Waals surface area contributed by atoms with E-state index in [-0.39, 0.29) is 5.91 Å². The third-order valence-corrected chi connectivity index (χ3v) is 6.70. The molecule has 1 N–H and O–H groups in total. The number of para-hydroxylation sites is 2. The van der Waals surface area contributed by atoms with E-state index in [1.165, 1.54) is 0 Å². The molecule has 0 radical (unpaired) electrons. The van der Waals surface area contributed by atoms with E-state index in [4.69, 9.17) is 26.1 Å². The van der Waals surface area contributed by atoms with Crippen molar-refractivity contribution in [2.75, 3.05) is 20.2 Å². The fourth-order valence-electron chi connectivity index (χ4n) is 4.40. The number of carbonyl (C=O) groups is 1. The lowest BCUT2D eigenvalue weighted by Gasteiger charge is -2.31. The van der Waals surface area contributed by atoms with E-state index < -0.39 is 0 Å². The molecule has 1 fully saturated rings. The van der Waals surface area contributed by atoms with Crippen molar-refractivity contribution in [3.8, 4) is 11.5 Å². The zero-order chi connectivity index (χ0) is 23.5. The molecule has 5 rings (SSSR count). The van der Waals surface area contributed by atoms with Crippen LogP contribution in [0.25, 0.3) is 11.0 Å². The second-order valence-electron chi connectivity index (χ2n) is 8.45. The van der Waals surface area contributed by atoms with Gasteiger partial charge in [0, 0.05) is 35.2 Å². The van der Waals surface area contributed by atoms with Gasteiger partial charge in [0.1, 0.15) is 12.4 Å². The third-order valence-electron chi connectivity index (χ3n) is 6.33. The summed E-state index contributed by atoms with van der Waals surface area (Å²) < 4.78 is 11.4. The van der Waals surface area contributed by atoms with Crippen LogP contribution < -0.4 is 9.47 Å². The molecule has 3 aromatic carbocycles. The maximum Gasteiger partial charge on any atom is 0.253 e. The Morgan fingerprint density at radius 2 is 1.82 bits per heavy atom. The first-order valence-electron chi connectivity index (χ1n) is 11.4. The summed E-state index contributed by atoms with van der Waals surface area (Å²) in [6.45, 7) is 1.69. The number of likely N-dealkylation sites (tertiary alicyclic amines) is 1. The van der Waals surface area contributed by atoms with E-state index in [9.17, 15) is 4.79 Å². The summed E-state index contributed by atoms with van der Waals surface area (Å²) in [6, 6.07) is 20.9. The Balaban J connectivity index is 1.23. The van der Waals surface area contributed by atoms with Gasteiger partial charge in [-0.1, -0.05) is 41.9 Å². The average Bonchev–Trinajstić information content (AvgIpc) is 3.32. The van der Waals surface area contributed by atoms with E-state index in [1.807, 2.05) is 53.4 Å². The van der Waals surface area contributed by atoms with Crippen molar-refractivity contribution in [2.24, 2.45) is 0 Å². The van der Waals surface area contributed by atoms with Crippen molar-refractivity contribution >= 4 is 28.5 Å². The van der Waals surface area contributed by atoms with E-state index in [2.05, 4.69) is 4.98 Å². The molecule has 34 heavy (non-hydrogen) atoms. The number of halogens is 1. The van der Waals surface area contributed by atoms with Gasteiger partial charge < -0.3 is 19.4 Å². The Morgan fingerprint density at radius 1 is 1.06 bits per heavy atom. The average molecular weight is 476 g/mol. The molecule has 4 aromatic rings. The number of piperidine rings is 1. The lowest BCUT2D eigenvalue weighted by Crippen LogP contribution is -2.38. The Hall–Kier alpha value is -3.51. The molecule has 0 saturated carbocycles. The Kier molecular flexibility index (Phi) is 6.41. The Bertz CT molecular complexity index is 1280. The molecule has 1 aromatic heterocycles. The summed E-state index contributed by atoms with van der Waals surface area (Å²) in [5.41, 5.74) is 3.52. The van der Waals surface area contributed by atoms with E-state index in [1.54, 1.807) is 25.3 Å². The summed E-state index contributed by atoms with van der Waals surface area (Å²) in [7, 11) is 1.57. The van der Waals surface area contributed by atoms with Crippen LogP contribution in [0.4, 0.5) is 0 Å². The largest absolute Gasteiger partial charge is 0.493 e. The predicted molar refractivity (Wildman–Crippen MR) is 133 cm³/mol. The standard InChI is InChI=1S/C27H26ClN3O3/c1-33-25-16-19(10-11-24(25)34-17-20-6-2-3-7-21(20)28)27(32)31-14-12-18(13-15-31)26-29-22-8-4-5-9-23(22)30-26/h2-11,16,18H,12-15,17H2,1H3,(H,29,30). The van der Waals surface area contributed by atoms with Crippen molar-refractivity contribution in [1.29, 1.82) is 0 Å². The number of nitrogens with one attached hydrogen (secondary N) is 1. The predicted octanol–water partition coefficient (Wildman–Crippen LogP) is 5.82. The van der Waals surface area contributed by atoms with Crippen LogP contribution in [0, 0.1) is 0 Å². The maximum atomic E-state index is 13.2. The third kappa shape index (κ3) is 4.59. The minimum Gasteiger partial charge on any atom is -0.493 e. The zero-order valence-electron chi connectivity index (χ0n) is 19.0. The van der Waals surface area contributed by atoms with Crippen LogP contribution in [0.2, 0.25) is 5.02 Å². The van der Waals surface area contributed by atoms with Gasteiger partial charge in [-0.05, 0) is 49.2 Å². The minimum absolute atomic E-state index is 0.000917. The lowest BCUT2D eigenvalue weighted by molar-refractivity contribution is 0.0711. The first-order valence-corrected chi connectivity index (χ1v) is 11.8. The van der Waals surface area contributed by atoms with Crippen LogP contribution in [0.3, 0.4) is 0 Å². The molecule has 0 bridgehead atoms. The zero-order valence-corrected chi connectivity index (χ0v) is 19.7. The molecule has 0 spiro atoms.